The second-order valence-corrected chi connectivity index (χ2v) is 5.40. The van der Waals surface area contributed by atoms with Crippen LogP contribution in [0.3, 0.4) is 0 Å². The Bertz CT molecular complexity index is 385. The number of nitrogens with one attached hydrogen (secondary N) is 1. The Morgan fingerprint density at radius 1 is 1.26 bits per heavy atom. The van der Waals surface area contributed by atoms with E-state index in [0.29, 0.717) is 6.42 Å². The van der Waals surface area contributed by atoms with Gasteiger partial charge in [0.15, 0.2) is 0 Å². The molecule has 0 aliphatic heterocycles. The molecule has 1 atom stereocenters. The number of hydrogen-bond acceptors (Lipinski definition) is 2. The fourth-order valence-corrected chi connectivity index (χ4v) is 2.82. The van der Waals surface area contributed by atoms with Crippen LogP contribution in [-0.4, -0.2) is 17.6 Å². The molecule has 0 bridgehead atoms. The molecule has 0 aromatic heterocycles. The maximum Gasteiger partial charge on any atom is 0.220 e. The van der Waals surface area contributed by atoms with E-state index >= 15 is 0 Å². The van der Waals surface area contributed by atoms with Crippen molar-refractivity contribution in [3.63, 3.8) is 0 Å². The summed E-state index contributed by atoms with van der Waals surface area (Å²) in [4.78, 5) is 11.9. The summed E-state index contributed by atoms with van der Waals surface area (Å²) in [5, 5.41) is 12.3. The van der Waals surface area contributed by atoms with Crippen LogP contribution >= 0.6 is 0 Å². The van der Waals surface area contributed by atoms with E-state index in [-0.39, 0.29) is 18.6 Å². The molecular formula is C16H23NO2. The molecule has 3 heteroatoms. The minimum Gasteiger partial charge on any atom is -0.394 e. The molecule has 1 aliphatic rings. The summed E-state index contributed by atoms with van der Waals surface area (Å²) in [7, 11) is 0. The molecule has 0 spiro atoms. The normalized spacial score (nSPS) is 17.3. The van der Waals surface area contributed by atoms with Crippen molar-refractivity contribution in [2.24, 2.45) is 5.92 Å². The summed E-state index contributed by atoms with van der Waals surface area (Å²) in [6.07, 6.45) is 6.74. The van der Waals surface area contributed by atoms with Crippen LogP contribution in [0.5, 0.6) is 0 Å². The van der Waals surface area contributed by atoms with Crippen molar-refractivity contribution in [3.8, 4) is 0 Å². The highest BCUT2D eigenvalue weighted by Crippen LogP contribution is 2.28. The monoisotopic (exact) mass is 261 g/mol. The highest BCUT2D eigenvalue weighted by atomic mass is 16.3. The Balaban J connectivity index is 1.79. The topological polar surface area (TPSA) is 49.3 Å². The van der Waals surface area contributed by atoms with Gasteiger partial charge in [-0.05, 0) is 17.9 Å². The molecule has 19 heavy (non-hydrogen) atoms. The Labute approximate surface area is 115 Å². The Morgan fingerprint density at radius 3 is 2.58 bits per heavy atom. The molecule has 1 amide bonds. The first-order chi connectivity index (χ1) is 9.29. The van der Waals surface area contributed by atoms with Gasteiger partial charge in [0.1, 0.15) is 0 Å². The molecule has 1 aromatic rings. The summed E-state index contributed by atoms with van der Waals surface area (Å²) in [5.74, 6) is 0.782. The number of benzene rings is 1. The van der Waals surface area contributed by atoms with Crippen molar-refractivity contribution in [1.82, 2.24) is 5.32 Å². The van der Waals surface area contributed by atoms with Gasteiger partial charge in [-0.1, -0.05) is 56.0 Å². The zero-order valence-corrected chi connectivity index (χ0v) is 11.3. The molecular weight excluding hydrogens is 238 g/mol. The van der Waals surface area contributed by atoms with E-state index in [0.717, 1.165) is 17.9 Å². The quantitative estimate of drug-likeness (QED) is 0.827. The van der Waals surface area contributed by atoms with Gasteiger partial charge in [-0.2, -0.15) is 0 Å². The zero-order chi connectivity index (χ0) is 13.5. The zero-order valence-electron chi connectivity index (χ0n) is 11.3. The number of carbonyl (C=O) groups is 1. The number of hydrogen-bond donors (Lipinski definition) is 2. The van der Waals surface area contributed by atoms with Crippen LogP contribution in [0.25, 0.3) is 0 Å². The highest BCUT2D eigenvalue weighted by molar-refractivity contribution is 5.76. The van der Waals surface area contributed by atoms with E-state index in [1.165, 1.54) is 25.7 Å². The van der Waals surface area contributed by atoms with Crippen molar-refractivity contribution < 1.29 is 9.90 Å². The van der Waals surface area contributed by atoms with Gasteiger partial charge < -0.3 is 10.4 Å². The first-order valence-electron chi connectivity index (χ1n) is 7.24. The van der Waals surface area contributed by atoms with Gasteiger partial charge in [0.25, 0.3) is 0 Å². The molecule has 1 aromatic carbocycles. The molecule has 0 radical (unpaired) electrons. The molecule has 2 rings (SSSR count). The second kappa shape index (κ2) is 7.29. The SMILES string of the molecule is O=C(CCC1CCCC1)N[C@@H](CO)c1ccccc1. The van der Waals surface area contributed by atoms with Crippen LogP contribution in [0.4, 0.5) is 0 Å². The molecule has 1 fully saturated rings. The Morgan fingerprint density at radius 2 is 1.95 bits per heavy atom. The Kier molecular flexibility index (Phi) is 5.40. The first kappa shape index (κ1) is 14.1. The second-order valence-electron chi connectivity index (χ2n) is 5.40. The largest absolute Gasteiger partial charge is 0.394 e. The average molecular weight is 261 g/mol. The van der Waals surface area contributed by atoms with Crippen molar-refractivity contribution in [2.75, 3.05) is 6.61 Å². The summed E-state index contributed by atoms with van der Waals surface area (Å²) < 4.78 is 0. The van der Waals surface area contributed by atoms with E-state index in [4.69, 9.17) is 0 Å². The number of rotatable bonds is 6. The highest BCUT2D eigenvalue weighted by Gasteiger charge is 2.18. The molecule has 0 unspecified atom stereocenters. The molecule has 1 aliphatic carbocycles. The number of carbonyl (C=O) groups excluding carboxylic acids is 1. The van der Waals surface area contributed by atoms with Gasteiger partial charge in [0, 0.05) is 6.42 Å². The van der Waals surface area contributed by atoms with E-state index < -0.39 is 0 Å². The van der Waals surface area contributed by atoms with E-state index in [1.807, 2.05) is 30.3 Å². The summed E-state index contributed by atoms with van der Waals surface area (Å²) >= 11 is 0. The van der Waals surface area contributed by atoms with Crippen molar-refractivity contribution in [2.45, 2.75) is 44.6 Å². The maximum atomic E-state index is 11.9. The summed E-state index contributed by atoms with van der Waals surface area (Å²) in [5.41, 5.74) is 0.958. The Hall–Kier alpha value is -1.35. The van der Waals surface area contributed by atoms with Gasteiger partial charge in [0.05, 0.1) is 12.6 Å². The van der Waals surface area contributed by atoms with Crippen LogP contribution in [0.15, 0.2) is 30.3 Å². The minimum atomic E-state index is -0.280. The molecule has 1 saturated carbocycles. The van der Waals surface area contributed by atoms with E-state index in [9.17, 15) is 9.90 Å². The average Bonchev–Trinajstić information content (AvgIpc) is 2.97. The van der Waals surface area contributed by atoms with E-state index in [2.05, 4.69) is 5.32 Å². The van der Waals surface area contributed by atoms with Crippen molar-refractivity contribution >= 4 is 5.91 Å². The lowest BCUT2D eigenvalue weighted by Crippen LogP contribution is -2.30. The van der Waals surface area contributed by atoms with Gasteiger partial charge in [0.2, 0.25) is 5.91 Å². The summed E-state index contributed by atoms with van der Waals surface area (Å²) in [6, 6.07) is 9.35. The molecule has 2 N–H and O–H groups in total. The lowest BCUT2D eigenvalue weighted by molar-refractivity contribution is -0.122. The van der Waals surface area contributed by atoms with E-state index in [1.54, 1.807) is 0 Å². The lowest BCUT2D eigenvalue weighted by Gasteiger charge is -2.17. The predicted molar refractivity (Wildman–Crippen MR) is 75.6 cm³/mol. The van der Waals surface area contributed by atoms with Gasteiger partial charge >= 0.3 is 0 Å². The van der Waals surface area contributed by atoms with Gasteiger partial charge in [-0.15, -0.1) is 0 Å². The third-order valence-electron chi connectivity index (χ3n) is 3.97. The molecule has 0 saturated heterocycles. The number of aliphatic hydroxyl groups excluding tert-OH is 1. The van der Waals surface area contributed by atoms with Crippen LogP contribution in [-0.2, 0) is 4.79 Å². The molecule has 3 nitrogen and oxygen atoms in total. The van der Waals surface area contributed by atoms with Crippen LogP contribution in [0, 0.1) is 5.92 Å². The van der Waals surface area contributed by atoms with Crippen LogP contribution in [0.1, 0.15) is 50.1 Å². The standard InChI is InChI=1S/C16H23NO2/c18-12-15(14-8-2-1-3-9-14)17-16(19)11-10-13-6-4-5-7-13/h1-3,8-9,13,15,18H,4-7,10-12H2,(H,17,19)/t15-/m0/s1. The lowest BCUT2D eigenvalue weighted by atomic mass is 10.0. The smallest absolute Gasteiger partial charge is 0.220 e. The first-order valence-corrected chi connectivity index (χ1v) is 7.24. The van der Waals surface area contributed by atoms with Crippen LogP contribution < -0.4 is 5.32 Å². The summed E-state index contributed by atoms with van der Waals surface area (Å²) in [6.45, 7) is -0.0564. The minimum absolute atomic E-state index is 0.0507. The predicted octanol–water partition coefficient (Wildman–Crippen LogP) is 2.81. The number of amides is 1. The van der Waals surface area contributed by atoms with Gasteiger partial charge in [-0.3, -0.25) is 4.79 Å². The fraction of sp³-hybridized carbons (Fsp3) is 0.562. The van der Waals surface area contributed by atoms with Crippen molar-refractivity contribution in [1.29, 1.82) is 0 Å². The maximum absolute atomic E-state index is 11.9. The molecule has 0 heterocycles. The number of aliphatic hydroxyl groups is 1. The van der Waals surface area contributed by atoms with Crippen molar-refractivity contribution in [3.05, 3.63) is 35.9 Å². The van der Waals surface area contributed by atoms with Crippen LogP contribution in [0.2, 0.25) is 0 Å². The third-order valence-corrected chi connectivity index (χ3v) is 3.97. The van der Waals surface area contributed by atoms with Gasteiger partial charge in [-0.25, -0.2) is 0 Å². The molecule has 104 valence electrons. The fourth-order valence-electron chi connectivity index (χ4n) is 2.82. The third kappa shape index (κ3) is 4.35.